The molecule has 0 saturated heterocycles. The minimum atomic E-state index is 1.07. The number of aromatic nitrogens is 1. The zero-order valence-corrected chi connectivity index (χ0v) is 36.8. The molecule has 0 aliphatic rings. The van der Waals surface area contributed by atoms with Crippen molar-refractivity contribution in [3.8, 4) is 39.1 Å². The average molecular weight is 856 g/mol. The number of nitrogens with zero attached hydrogens (tertiary/aromatic N) is 3. The zero-order chi connectivity index (χ0) is 44.5. The molecule has 3 heteroatoms. The van der Waals surface area contributed by atoms with Gasteiger partial charge < -0.3 is 14.4 Å². The average Bonchev–Trinajstić information content (AvgIpc) is 3.74. The third-order valence-corrected chi connectivity index (χ3v) is 12.9. The molecule has 0 radical (unpaired) electrons. The van der Waals surface area contributed by atoms with E-state index >= 15 is 0 Å². The minimum Gasteiger partial charge on any atom is -0.311 e. The highest BCUT2D eigenvalue weighted by molar-refractivity contribution is 6.11. The van der Waals surface area contributed by atoms with Gasteiger partial charge in [0.15, 0.2) is 0 Å². The van der Waals surface area contributed by atoms with Gasteiger partial charge in [-0.2, -0.15) is 0 Å². The topological polar surface area (TPSA) is 11.4 Å². The minimum absolute atomic E-state index is 1.07. The third-order valence-electron chi connectivity index (χ3n) is 12.9. The Labute approximate surface area is 391 Å². The fraction of sp³-hybridized carbons (Fsp3) is 0. The molecule has 12 aromatic rings. The molecule has 0 bridgehead atoms. The van der Waals surface area contributed by atoms with E-state index in [1.807, 2.05) is 0 Å². The van der Waals surface area contributed by atoms with Crippen molar-refractivity contribution in [2.24, 2.45) is 0 Å². The summed E-state index contributed by atoms with van der Waals surface area (Å²) >= 11 is 0. The molecule has 67 heavy (non-hydrogen) atoms. The molecule has 3 nitrogen and oxygen atoms in total. The first kappa shape index (κ1) is 39.7. The number of rotatable bonds is 10. The van der Waals surface area contributed by atoms with Crippen LogP contribution in [-0.4, -0.2) is 4.57 Å². The summed E-state index contributed by atoms with van der Waals surface area (Å²) in [7, 11) is 0. The van der Waals surface area contributed by atoms with E-state index in [0.29, 0.717) is 0 Å². The molecular weight excluding hydrogens is 811 g/mol. The Hall–Kier alpha value is -8.92. The predicted molar refractivity (Wildman–Crippen MR) is 284 cm³/mol. The fourth-order valence-corrected chi connectivity index (χ4v) is 9.75. The van der Waals surface area contributed by atoms with Gasteiger partial charge in [0.2, 0.25) is 0 Å². The maximum Gasteiger partial charge on any atom is 0.0561 e. The Kier molecular flexibility index (Phi) is 10.2. The first-order valence-electron chi connectivity index (χ1n) is 22.9. The van der Waals surface area contributed by atoms with Crippen LogP contribution in [0.15, 0.2) is 273 Å². The van der Waals surface area contributed by atoms with Crippen LogP contribution < -0.4 is 9.80 Å². The van der Waals surface area contributed by atoms with E-state index in [2.05, 4.69) is 287 Å². The van der Waals surface area contributed by atoms with Gasteiger partial charge in [-0.15, -0.1) is 0 Å². The van der Waals surface area contributed by atoms with E-state index in [9.17, 15) is 0 Å². The lowest BCUT2D eigenvalue weighted by atomic mass is 9.96. The SMILES string of the molecule is c1ccc(-c2cc3ccccc3cc2N(c2cccc(-c3cccc(-c4ccc(N(c5ccccc5)c5ccccc5)cc4)c3)c2)c2ccc3c4ccccc4n(-c4ccccc4)c3c2)cc1. The highest BCUT2D eigenvalue weighted by Gasteiger charge is 2.22. The van der Waals surface area contributed by atoms with Gasteiger partial charge in [0, 0.05) is 50.5 Å². The Bertz CT molecular complexity index is 3630. The second-order valence-electron chi connectivity index (χ2n) is 17.0. The number of anilines is 6. The van der Waals surface area contributed by atoms with E-state index in [-0.39, 0.29) is 0 Å². The van der Waals surface area contributed by atoms with Gasteiger partial charge in [0.1, 0.15) is 0 Å². The van der Waals surface area contributed by atoms with Crippen molar-refractivity contribution in [3.63, 3.8) is 0 Å². The number of hydrogen-bond donors (Lipinski definition) is 0. The Morgan fingerprint density at radius 1 is 0.254 bits per heavy atom. The van der Waals surface area contributed by atoms with Crippen molar-refractivity contribution in [1.29, 1.82) is 0 Å². The lowest BCUT2D eigenvalue weighted by Crippen LogP contribution is -2.12. The lowest BCUT2D eigenvalue weighted by molar-refractivity contribution is 1.18. The summed E-state index contributed by atoms with van der Waals surface area (Å²) in [5.41, 5.74) is 17.0. The quantitative estimate of drug-likeness (QED) is 0.136. The van der Waals surface area contributed by atoms with Crippen LogP contribution in [0.2, 0.25) is 0 Å². The lowest BCUT2D eigenvalue weighted by Gasteiger charge is -2.29. The number of fused-ring (bicyclic) bond motifs is 4. The Morgan fingerprint density at radius 2 is 0.731 bits per heavy atom. The van der Waals surface area contributed by atoms with Crippen LogP contribution in [-0.2, 0) is 0 Å². The molecule has 0 aliphatic carbocycles. The van der Waals surface area contributed by atoms with Crippen molar-refractivity contribution in [2.45, 2.75) is 0 Å². The molecule has 1 aromatic heterocycles. The summed E-state index contributed by atoms with van der Waals surface area (Å²) in [5, 5.41) is 4.84. The summed E-state index contributed by atoms with van der Waals surface area (Å²) < 4.78 is 2.40. The summed E-state index contributed by atoms with van der Waals surface area (Å²) in [5.74, 6) is 0. The van der Waals surface area contributed by atoms with Crippen LogP contribution in [0.3, 0.4) is 0 Å². The van der Waals surface area contributed by atoms with Crippen molar-refractivity contribution in [3.05, 3.63) is 273 Å². The summed E-state index contributed by atoms with van der Waals surface area (Å²) in [6.45, 7) is 0. The van der Waals surface area contributed by atoms with Gasteiger partial charge in [-0.3, -0.25) is 0 Å². The summed E-state index contributed by atoms with van der Waals surface area (Å²) in [6, 6.07) is 98.6. The van der Waals surface area contributed by atoms with E-state index < -0.39 is 0 Å². The van der Waals surface area contributed by atoms with Gasteiger partial charge in [-0.05, 0) is 136 Å². The van der Waals surface area contributed by atoms with Crippen LogP contribution in [0, 0.1) is 0 Å². The molecule has 11 aromatic carbocycles. The van der Waals surface area contributed by atoms with Gasteiger partial charge in [-0.1, -0.05) is 176 Å². The summed E-state index contributed by atoms with van der Waals surface area (Å²) in [4.78, 5) is 4.76. The predicted octanol–water partition coefficient (Wildman–Crippen LogP) is 17.9. The molecule has 0 amide bonds. The summed E-state index contributed by atoms with van der Waals surface area (Å²) in [6.07, 6.45) is 0. The Balaban J connectivity index is 0.998. The second kappa shape index (κ2) is 17.2. The van der Waals surface area contributed by atoms with Crippen LogP contribution in [0.5, 0.6) is 0 Å². The maximum atomic E-state index is 2.46. The van der Waals surface area contributed by atoms with Gasteiger partial charge >= 0.3 is 0 Å². The van der Waals surface area contributed by atoms with E-state index in [4.69, 9.17) is 0 Å². The van der Waals surface area contributed by atoms with Crippen LogP contribution in [0.1, 0.15) is 0 Å². The monoisotopic (exact) mass is 855 g/mol. The molecule has 1 heterocycles. The van der Waals surface area contributed by atoms with E-state index in [0.717, 1.165) is 73.1 Å². The molecular formula is C64H45N3. The molecule has 12 rings (SSSR count). The van der Waals surface area contributed by atoms with E-state index in [1.54, 1.807) is 0 Å². The molecule has 0 N–H and O–H groups in total. The molecule has 0 fully saturated rings. The van der Waals surface area contributed by atoms with Crippen LogP contribution in [0.25, 0.3) is 71.6 Å². The number of benzene rings is 11. The van der Waals surface area contributed by atoms with Crippen molar-refractivity contribution >= 4 is 66.7 Å². The zero-order valence-electron chi connectivity index (χ0n) is 36.8. The molecule has 0 aliphatic heterocycles. The molecule has 0 spiro atoms. The Morgan fingerprint density at radius 3 is 1.43 bits per heavy atom. The normalized spacial score (nSPS) is 11.3. The third kappa shape index (κ3) is 7.49. The highest BCUT2D eigenvalue weighted by atomic mass is 15.2. The molecule has 0 saturated carbocycles. The fourth-order valence-electron chi connectivity index (χ4n) is 9.75. The number of para-hydroxylation sites is 4. The first-order valence-corrected chi connectivity index (χ1v) is 22.9. The van der Waals surface area contributed by atoms with E-state index in [1.165, 1.54) is 32.6 Å². The molecule has 0 atom stereocenters. The second-order valence-corrected chi connectivity index (χ2v) is 17.0. The van der Waals surface area contributed by atoms with Crippen molar-refractivity contribution in [2.75, 3.05) is 9.80 Å². The van der Waals surface area contributed by atoms with Gasteiger partial charge in [0.05, 0.1) is 16.7 Å². The molecule has 316 valence electrons. The standard InChI is InChI=1S/C64H45N3/c1-5-19-47(20-6-1)61-43-51-21-13-14-22-52(51)44-63(61)66(58-39-40-60-59-33-15-16-34-62(59)67(64(60)45-58)55-30-11-4-12-31-55)57-32-18-25-50(42-57)49-24-17-23-48(41-49)46-35-37-56(38-36-46)65(53-26-7-2-8-27-53)54-28-9-3-10-29-54/h1-45H. The maximum absolute atomic E-state index is 2.46. The smallest absolute Gasteiger partial charge is 0.0561 e. The van der Waals surface area contributed by atoms with Crippen LogP contribution >= 0.6 is 0 Å². The highest BCUT2D eigenvalue weighted by Crippen LogP contribution is 2.46. The van der Waals surface area contributed by atoms with Crippen molar-refractivity contribution in [1.82, 2.24) is 4.57 Å². The van der Waals surface area contributed by atoms with Gasteiger partial charge in [0.25, 0.3) is 0 Å². The largest absolute Gasteiger partial charge is 0.311 e. The van der Waals surface area contributed by atoms with Crippen molar-refractivity contribution < 1.29 is 0 Å². The molecule has 0 unspecified atom stereocenters. The first-order chi connectivity index (χ1) is 33.2. The van der Waals surface area contributed by atoms with Crippen LogP contribution in [0.4, 0.5) is 34.1 Å². The number of hydrogen-bond acceptors (Lipinski definition) is 2. The van der Waals surface area contributed by atoms with Gasteiger partial charge in [-0.25, -0.2) is 0 Å².